The van der Waals surface area contributed by atoms with Gasteiger partial charge in [0, 0.05) is 18.1 Å². The average Bonchev–Trinajstić information content (AvgIpc) is 2.30. The summed E-state index contributed by atoms with van der Waals surface area (Å²) in [5, 5.41) is 3.40. The van der Waals surface area contributed by atoms with E-state index in [-0.39, 0.29) is 0 Å². The van der Waals surface area contributed by atoms with Crippen molar-refractivity contribution in [2.75, 3.05) is 14.1 Å². The smallest absolute Gasteiger partial charge is 0.00962 e. The fourth-order valence-electron chi connectivity index (χ4n) is 2.93. The number of hydrogen-bond acceptors (Lipinski definition) is 2. The molecule has 15 heavy (non-hydrogen) atoms. The molecule has 2 heteroatoms. The van der Waals surface area contributed by atoms with Gasteiger partial charge in [-0.05, 0) is 52.6 Å². The van der Waals surface area contributed by atoms with Gasteiger partial charge in [-0.2, -0.15) is 0 Å². The first-order chi connectivity index (χ1) is 7.22. The minimum Gasteiger partial charge on any atom is -0.317 e. The first kappa shape index (κ1) is 13.0. The van der Waals surface area contributed by atoms with Gasteiger partial charge in [0.1, 0.15) is 0 Å². The quantitative estimate of drug-likeness (QED) is 0.753. The van der Waals surface area contributed by atoms with E-state index < -0.39 is 0 Å². The lowest BCUT2D eigenvalue weighted by molar-refractivity contribution is 0.122. The Balaban J connectivity index is 2.38. The van der Waals surface area contributed by atoms with Crippen LogP contribution in [-0.2, 0) is 0 Å². The molecule has 0 bridgehead atoms. The van der Waals surface area contributed by atoms with Gasteiger partial charge in [0.05, 0.1) is 0 Å². The molecule has 1 aliphatic rings. The standard InChI is InChI=1S/C13H28N2/c1-5-12(6-2)15(4)13-9-7-11(14-3)8-10-13/h11-14H,5-10H2,1-4H3. The van der Waals surface area contributed by atoms with E-state index in [0.717, 1.165) is 18.1 Å². The Morgan fingerprint density at radius 2 is 1.67 bits per heavy atom. The third-order valence-corrected chi connectivity index (χ3v) is 4.20. The van der Waals surface area contributed by atoms with Crippen molar-refractivity contribution in [3.05, 3.63) is 0 Å². The summed E-state index contributed by atoms with van der Waals surface area (Å²) in [6.07, 6.45) is 8.03. The molecule has 0 aromatic carbocycles. The van der Waals surface area contributed by atoms with Crippen molar-refractivity contribution in [1.29, 1.82) is 0 Å². The van der Waals surface area contributed by atoms with Crippen molar-refractivity contribution < 1.29 is 0 Å². The van der Waals surface area contributed by atoms with Crippen molar-refractivity contribution in [2.45, 2.75) is 70.5 Å². The Hall–Kier alpha value is -0.0800. The SMILES string of the molecule is CCC(CC)N(C)C1CCC(NC)CC1. The zero-order chi connectivity index (χ0) is 11.3. The minimum atomic E-state index is 0.774. The molecule has 0 amide bonds. The fourth-order valence-corrected chi connectivity index (χ4v) is 2.93. The van der Waals surface area contributed by atoms with Crippen LogP contribution in [0.4, 0.5) is 0 Å². The lowest BCUT2D eigenvalue weighted by Gasteiger charge is -2.38. The third kappa shape index (κ3) is 3.46. The number of nitrogens with zero attached hydrogens (tertiary/aromatic N) is 1. The van der Waals surface area contributed by atoms with Gasteiger partial charge < -0.3 is 10.2 Å². The molecule has 1 rings (SSSR count). The highest BCUT2D eigenvalue weighted by Gasteiger charge is 2.25. The van der Waals surface area contributed by atoms with E-state index in [2.05, 4.69) is 38.2 Å². The van der Waals surface area contributed by atoms with Crippen molar-refractivity contribution in [1.82, 2.24) is 10.2 Å². The van der Waals surface area contributed by atoms with Crippen LogP contribution in [0.25, 0.3) is 0 Å². The minimum absolute atomic E-state index is 0.774. The van der Waals surface area contributed by atoms with Gasteiger partial charge >= 0.3 is 0 Å². The van der Waals surface area contributed by atoms with Gasteiger partial charge in [0.25, 0.3) is 0 Å². The molecule has 0 unspecified atom stereocenters. The Kier molecular flexibility index (Phi) is 5.62. The molecule has 1 aliphatic carbocycles. The molecular weight excluding hydrogens is 184 g/mol. The van der Waals surface area contributed by atoms with Crippen LogP contribution in [0, 0.1) is 0 Å². The highest BCUT2D eigenvalue weighted by molar-refractivity contribution is 4.83. The summed E-state index contributed by atoms with van der Waals surface area (Å²) in [5.41, 5.74) is 0. The topological polar surface area (TPSA) is 15.3 Å². The predicted octanol–water partition coefficient (Wildman–Crippen LogP) is 2.64. The van der Waals surface area contributed by atoms with Gasteiger partial charge in [-0.15, -0.1) is 0 Å². The molecule has 1 N–H and O–H groups in total. The van der Waals surface area contributed by atoms with Crippen LogP contribution in [0.2, 0.25) is 0 Å². The maximum absolute atomic E-state index is 3.40. The zero-order valence-electron chi connectivity index (χ0n) is 10.9. The molecule has 0 radical (unpaired) electrons. The summed E-state index contributed by atoms with van der Waals surface area (Å²) in [6, 6.07) is 2.40. The monoisotopic (exact) mass is 212 g/mol. The van der Waals surface area contributed by atoms with Crippen molar-refractivity contribution in [2.24, 2.45) is 0 Å². The van der Waals surface area contributed by atoms with Crippen molar-refractivity contribution in [3.63, 3.8) is 0 Å². The highest BCUT2D eigenvalue weighted by Crippen LogP contribution is 2.24. The summed E-state index contributed by atoms with van der Waals surface area (Å²) in [4.78, 5) is 2.63. The zero-order valence-corrected chi connectivity index (χ0v) is 10.9. The first-order valence-electron chi connectivity index (χ1n) is 6.62. The Morgan fingerprint density at radius 1 is 1.13 bits per heavy atom. The van der Waals surface area contributed by atoms with Gasteiger partial charge in [0.2, 0.25) is 0 Å². The fraction of sp³-hybridized carbons (Fsp3) is 1.00. The summed E-state index contributed by atoms with van der Waals surface area (Å²) in [6.45, 7) is 4.62. The first-order valence-corrected chi connectivity index (χ1v) is 6.62. The predicted molar refractivity (Wildman–Crippen MR) is 67.2 cm³/mol. The Bertz CT molecular complexity index is 158. The van der Waals surface area contributed by atoms with Gasteiger partial charge in [0.15, 0.2) is 0 Å². The second-order valence-corrected chi connectivity index (χ2v) is 4.93. The largest absolute Gasteiger partial charge is 0.317 e. The van der Waals surface area contributed by atoms with E-state index in [0.29, 0.717) is 0 Å². The van der Waals surface area contributed by atoms with Crippen molar-refractivity contribution >= 4 is 0 Å². The summed E-state index contributed by atoms with van der Waals surface area (Å²) in [5.74, 6) is 0. The third-order valence-electron chi connectivity index (χ3n) is 4.20. The second kappa shape index (κ2) is 6.49. The lowest BCUT2D eigenvalue weighted by Crippen LogP contribution is -2.44. The summed E-state index contributed by atoms with van der Waals surface area (Å²) in [7, 11) is 4.41. The maximum atomic E-state index is 3.40. The molecule has 0 aromatic heterocycles. The van der Waals surface area contributed by atoms with Crippen LogP contribution in [0.3, 0.4) is 0 Å². The van der Waals surface area contributed by atoms with E-state index in [1.807, 2.05) is 0 Å². The number of nitrogens with one attached hydrogen (secondary N) is 1. The molecule has 0 saturated heterocycles. The molecule has 1 fully saturated rings. The summed E-state index contributed by atoms with van der Waals surface area (Å²) < 4.78 is 0. The Morgan fingerprint density at radius 3 is 2.07 bits per heavy atom. The van der Waals surface area contributed by atoms with Gasteiger partial charge in [-0.1, -0.05) is 13.8 Å². The van der Waals surface area contributed by atoms with Gasteiger partial charge in [-0.25, -0.2) is 0 Å². The van der Waals surface area contributed by atoms with Crippen LogP contribution >= 0.6 is 0 Å². The van der Waals surface area contributed by atoms with Gasteiger partial charge in [-0.3, -0.25) is 0 Å². The van der Waals surface area contributed by atoms with E-state index in [9.17, 15) is 0 Å². The molecule has 0 aromatic rings. The van der Waals surface area contributed by atoms with E-state index in [4.69, 9.17) is 0 Å². The van der Waals surface area contributed by atoms with E-state index in [1.165, 1.54) is 38.5 Å². The molecule has 0 atom stereocenters. The number of rotatable bonds is 5. The van der Waals surface area contributed by atoms with Crippen LogP contribution in [0.15, 0.2) is 0 Å². The van der Waals surface area contributed by atoms with Crippen LogP contribution in [0.5, 0.6) is 0 Å². The second-order valence-electron chi connectivity index (χ2n) is 4.93. The maximum Gasteiger partial charge on any atom is 0.00962 e. The average molecular weight is 212 g/mol. The molecule has 1 saturated carbocycles. The van der Waals surface area contributed by atoms with Crippen LogP contribution in [0.1, 0.15) is 52.4 Å². The van der Waals surface area contributed by atoms with E-state index in [1.54, 1.807) is 0 Å². The highest BCUT2D eigenvalue weighted by atomic mass is 15.2. The lowest BCUT2D eigenvalue weighted by atomic mass is 9.89. The normalized spacial score (nSPS) is 27.6. The van der Waals surface area contributed by atoms with E-state index >= 15 is 0 Å². The number of hydrogen-bond donors (Lipinski definition) is 1. The summed E-state index contributed by atoms with van der Waals surface area (Å²) >= 11 is 0. The molecule has 90 valence electrons. The van der Waals surface area contributed by atoms with Crippen LogP contribution in [-0.4, -0.2) is 37.1 Å². The Labute approximate surface area is 95.4 Å². The molecule has 2 nitrogen and oxygen atoms in total. The molecule has 0 heterocycles. The van der Waals surface area contributed by atoms with Crippen molar-refractivity contribution in [3.8, 4) is 0 Å². The molecule has 0 spiro atoms. The molecule has 0 aliphatic heterocycles. The van der Waals surface area contributed by atoms with Crippen LogP contribution < -0.4 is 5.32 Å². The molecular formula is C13H28N2.